The number of amides is 1. The average Bonchev–Trinajstić information content (AvgIpc) is 3.10. The van der Waals surface area contributed by atoms with Gasteiger partial charge >= 0.3 is 0 Å². The molecule has 112 valence electrons. The van der Waals surface area contributed by atoms with Crippen molar-refractivity contribution in [2.75, 3.05) is 6.54 Å². The second kappa shape index (κ2) is 5.99. The highest BCUT2D eigenvalue weighted by molar-refractivity contribution is 7.09. The van der Waals surface area contributed by atoms with Crippen molar-refractivity contribution in [3.05, 3.63) is 28.3 Å². The third-order valence-electron chi connectivity index (χ3n) is 3.92. The van der Waals surface area contributed by atoms with Crippen LogP contribution in [-0.4, -0.2) is 34.5 Å². The Morgan fingerprint density at radius 2 is 2.38 bits per heavy atom. The van der Waals surface area contributed by atoms with Crippen molar-refractivity contribution < 1.29 is 4.79 Å². The van der Waals surface area contributed by atoms with Crippen LogP contribution < -0.4 is 10.6 Å². The number of aromatic nitrogens is 2. The molecule has 0 radical (unpaired) electrons. The van der Waals surface area contributed by atoms with Gasteiger partial charge in [0.1, 0.15) is 5.69 Å². The first-order chi connectivity index (χ1) is 10.1. The molecule has 1 saturated heterocycles. The van der Waals surface area contributed by atoms with Gasteiger partial charge in [-0.05, 0) is 39.3 Å². The first-order valence-electron chi connectivity index (χ1n) is 7.28. The molecule has 6 heteroatoms. The van der Waals surface area contributed by atoms with Crippen LogP contribution in [0.25, 0.3) is 11.3 Å². The zero-order valence-electron chi connectivity index (χ0n) is 12.3. The van der Waals surface area contributed by atoms with Crippen LogP contribution in [0.15, 0.2) is 17.6 Å². The van der Waals surface area contributed by atoms with Crippen LogP contribution in [0.1, 0.15) is 35.3 Å². The fraction of sp³-hybridized carbons (Fsp3) is 0.467. The molecule has 0 aliphatic carbocycles. The predicted octanol–water partition coefficient (Wildman–Crippen LogP) is 2.32. The maximum Gasteiger partial charge on any atom is 0.267 e. The molecule has 1 aliphatic heterocycles. The van der Waals surface area contributed by atoms with Crippen molar-refractivity contribution in [3.8, 4) is 11.3 Å². The average molecular weight is 304 g/mol. The molecule has 3 heterocycles. The van der Waals surface area contributed by atoms with Gasteiger partial charge in [-0.2, -0.15) is 0 Å². The molecule has 2 aromatic heterocycles. The van der Waals surface area contributed by atoms with Gasteiger partial charge in [0.15, 0.2) is 0 Å². The van der Waals surface area contributed by atoms with E-state index in [-0.39, 0.29) is 11.9 Å². The first kappa shape index (κ1) is 14.3. The summed E-state index contributed by atoms with van der Waals surface area (Å²) in [5.74, 6) is -0.0475. The predicted molar refractivity (Wildman–Crippen MR) is 84.6 cm³/mol. The molecule has 0 bridgehead atoms. The highest BCUT2D eigenvalue weighted by Crippen LogP contribution is 2.22. The number of H-pyrrole nitrogens is 1. The third-order valence-corrected chi connectivity index (χ3v) is 4.69. The van der Waals surface area contributed by atoms with Gasteiger partial charge in [0.25, 0.3) is 5.91 Å². The Morgan fingerprint density at radius 1 is 1.52 bits per heavy atom. The second-order valence-corrected chi connectivity index (χ2v) is 6.58. The lowest BCUT2D eigenvalue weighted by molar-refractivity contribution is 0.0915. The SMILES string of the molecule is Cc1nc(-c2c[nH]c(C(=O)NC3CCCNC3C)c2)cs1. The summed E-state index contributed by atoms with van der Waals surface area (Å²) < 4.78 is 0. The van der Waals surface area contributed by atoms with E-state index in [4.69, 9.17) is 0 Å². The number of thiazole rings is 1. The van der Waals surface area contributed by atoms with Gasteiger partial charge in [0.2, 0.25) is 0 Å². The monoisotopic (exact) mass is 304 g/mol. The van der Waals surface area contributed by atoms with Crippen LogP contribution in [-0.2, 0) is 0 Å². The molecule has 1 fully saturated rings. The second-order valence-electron chi connectivity index (χ2n) is 5.52. The lowest BCUT2D eigenvalue weighted by Crippen LogP contribution is -2.51. The maximum atomic E-state index is 12.3. The van der Waals surface area contributed by atoms with Crippen molar-refractivity contribution >= 4 is 17.2 Å². The number of aryl methyl sites for hydroxylation is 1. The summed E-state index contributed by atoms with van der Waals surface area (Å²) >= 11 is 1.61. The molecule has 3 N–H and O–H groups in total. The number of nitrogens with zero attached hydrogens (tertiary/aromatic N) is 1. The molecule has 0 saturated carbocycles. The number of rotatable bonds is 3. The van der Waals surface area contributed by atoms with Gasteiger partial charge < -0.3 is 15.6 Å². The Balaban J connectivity index is 1.69. The highest BCUT2D eigenvalue weighted by Gasteiger charge is 2.23. The number of hydrogen-bond acceptors (Lipinski definition) is 4. The van der Waals surface area contributed by atoms with E-state index in [1.54, 1.807) is 11.3 Å². The number of carbonyl (C=O) groups excluding carboxylic acids is 1. The first-order valence-corrected chi connectivity index (χ1v) is 8.16. The van der Waals surface area contributed by atoms with Crippen LogP contribution in [0.5, 0.6) is 0 Å². The lowest BCUT2D eigenvalue weighted by Gasteiger charge is -2.30. The molecule has 2 aromatic rings. The zero-order chi connectivity index (χ0) is 14.8. The van der Waals surface area contributed by atoms with Gasteiger partial charge in [-0.15, -0.1) is 11.3 Å². The van der Waals surface area contributed by atoms with E-state index in [9.17, 15) is 4.79 Å². The van der Waals surface area contributed by atoms with E-state index in [1.807, 2.05) is 24.6 Å². The number of aromatic amines is 1. The quantitative estimate of drug-likeness (QED) is 0.815. The molecule has 21 heavy (non-hydrogen) atoms. The minimum absolute atomic E-state index is 0.0475. The molecular weight excluding hydrogens is 284 g/mol. The minimum Gasteiger partial charge on any atom is -0.357 e. The van der Waals surface area contributed by atoms with Gasteiger partial charge in [0.05, 0.1) is 10.7 Å². The Bertz CT molecular complexity index is 633. The number of hydrogen-bond donors (Lipinski definition) is 3. The molecule has 2 unspecified atom stereocenters. The summed E-state index contributed by atoms with van der Waals surface area (Å²) in [5, 5.41) is 9.53. The zero-order valence-corrected chi connectivity index (χ0v) is 13.1. The number of piperidine rings is 1. The molecular formula is C15H20N4OS. The molecule has 2 atom stereocenters. The van der Waals surface area contributed by atoms with E-state index in [0.29, 0.717) is 11.7 Å². The van der Waals surface area contributed by atoms with Gasteiger partial charge in [0, 0.05) is 29.2 Å². The molecule has 5 nitrogen and oxygen atoms in total. The topological polar surface area (TPSA) is 69.8 Å². The maximum absolute atomic E-state index is 12.3. The van der Waals surface area contributed by atoms with Crippen molar-refractivity contribution in [2.45, 2.75) is 38.8 Å². The fourth-order valence-corrected chi connectivity index (χ4v) is 3.28. The van der Waals surface area contributed by atoms with E-state index < -0.39 is 0 Å². The molecule has 1 amide bonds. The largest absolute Gasteiger partial charge is 0.357 e. The fourth-order valence-electron chi connectivity index (χ4n) is 2.66. The molecule has 0 spiro atoms. The smallest absolute Gasteiger partial charge is 0.267 e. The molecule has 0 aromatic carbocycles. The number of carbonyl (C=O) groups is 1. The molecule has 1 aliphatic rings. The van der Waals surface area contributed by atoms with Crippen LogP contribution in [0, 0.1) is 6.92 Å². The molecule has 3 rings (SSSR count). The van der Waals surface area contributed by atoms with Crippen molar-refractivity contribution in [1.82, 2.24) is 20.6 Å². The van der Waals surface area contributed by atoms with E-state index in [0.717, 1.165) is 35.7 Å². The summed E-state index contributed by atoms with van der Waals surface area (Å²) in [6.45, 7) is 5.12. The normalized spacial score (nSPS) is 22.2. The van der Waals surface area contributed by atoms with Crippen molar-refractivity contribution in [1.29, 1.82) is 0 Å². The summed E-state index contributed by atoms with van der Waals surface area (Å²) in [6.07, 6.45) is 3.97. The Hall–Kier alpha value is -1.66. The summed E-state index contributed by atoms with van der Waals surface area (Å²) in [4.78, 5) is 19.8. The Labute approximate surface area is 128 Å². The van der Waals surface area contributed by atoms with Gasteiger partial charge in [-0.1, -0.05) is 0 Å². The third kappa shape index (κ3) is 3.16. The number of nitrogens with one attached hydrogen (secondary N) is 3. The van der Waals surface area contributed by atoms with Crippen LogP contribution in [0.2, 0.25) is 0 Å². The van der Waals surface area contributed by atoms with Gasteiger partial charge in [-0.25, -0.2) is 4.98 Å². The van der Waals surface area contributed by atoms with Crippen molar-refractivity contribution in [3.63, 3.8) is 0 Å². The van der Waals surface area contributed by atoms with Crippen LogP contribution in [0.4, 0.5) is 0 Å². The van der Waals surface area contributed by atoms with Crippen LogP contribution >= 0.6 is 11.3 Å². The van der Waals surface area contributed by atoms with E-state index in [1.165, 1.54) is 0 Å². The summed E-state index contributed by atoms with van der Waals surface area (Å²) in [5.41, 5.74) is 2.47. The Kier molecular flexibility index (Phi) is 4.07. The highest BCUT2D eigenvalue weighted by atomic mass is 32.1. The van der Waals surface area contributed by atoms with E-state index in [2.05, 4.69) is 27.5 Å². The minimum atomic E-state index is -0.0475. The lowest BCUT2D eigenvalue weighted by atomic mass is 10.00. The van der Waals surface area contributed by atoms with Crippen LogP contribution in [0.3, 0.4) is 0 Å². The summed E-state index contributed by atoms with van der Waals surface area (Å²) in [6, 6.07) is 2.38. The van der Waals surface area contributed by atoms with E-state index >= 15 is 0 Å². The Morgan fingerprint density at radius 3 is 3.10 bits per heavy atom. The van der Waals surface area contributed by atoms with Crippen molar-refractivity contribution in [2.24, 2.45) is 0 Å². The van der Waals surface area contributed by atoms with Gasteiger partial charge in [-0.3, -0.25) is 4.79 Å². The summed E-state index contributed by atoms with van der Waals surface area (Å²) in [7, 11) is 0. The standard InChI is InChI=1S/C15H20N4OS/c1-9-12(4-3-5-16-9)19-15(20)13-6-11(7-17-13)14-8-21-10(2)18-14/h6-9,12,16-17H,3-5H2,1-2H3,(H,19,20).